The molecule has 0 amide bonds. The summed E-state index contributed by atoms with van der Waals surface area (Å²) in [6.07, 6.45) is 2.68. The molecule has 0 fully saturated rings. The van der Waals surface area contributed by atoms with E-state index in [9.17, 15) is 5.11 Å². The Bertz CT molecular complexity index is 777. The number of halogens is 1. The van der Waals surface area contributed by atoms with Crippen molar-refractivity contribution in [1.29, 1.82) is 0 Å². The zero-order valence-corrected chi connectivity index (χ0v) is 12.0. The van der Waals surface area contributed by atoms with E-state index in [2.05, 4.69) is 10.1 Å². The quantitative estimate of drug-likeness (QED) is 0.788. The molecule has 1 unspecified atom stereocenters. The largest absolute Gasteiger partial charge is 0.383 e. The molecule has 0 saturated carbocycles. The van der Waals surface area contributed by atoms with Crippen molar-refractivity contribution in [3.63, 3.8) is 0 Å². The third-order valence-electron chi connectivity index (χ3n) is 3.48. The van der Waals surface area contributed by atoms with E-state index in [1.165, 1.54) is 0 Å². The molecule has 0 radical (unpaired) electrons. The predicted octanol–water partition coefficient (Wildman–Crippen LogP) is 3.01. The van der Waals surface area contributed by atoms with Crippen LogP contribution in [-0.2, 0) is 7.05 Å². The lowest BCUT2D eigenvalue weighted by molar-refractivity contribution is 0.221. The Morgan fingerprint density at radius 3 is 2.80 bits per heavy atom. The van der Waals surface area contributed by atoms with Crippen LogP contribution in [0.2, 0.25) is 5.15 Å². The van der Waals surface area contributed by atoms with Gasteiger partial charge in [-0.3, -0.25) is 9.67 Å². The highest BCUT2D eigenvalue weighted by atomic mass is 35.5. The normalized spacial score (nSPS) is 12.8. The van der Waals surface area contributed by atoms with Gasteiger partial charge in [0.2, 0.25) is 0 Å². The molecule has 4 nitrogen and oxygen atoms in total. The van der Waals surface area contributed by atoms with Gasteiger partial charge in [-0.1, -0.05) is 29.8 Å². The van der Waals surface area contributed by atoms with Crippen LogP contribution in [0.1, 0.15) is 22.9 Å². The highest BCUT2D eigenvalue weighted by Gasteiger charge is 2.22. The summed E-state index contributed by atoms with van der Waals surface area (Å²) < 4.78 is 1.57. The third-order valence-corrected chi connectivity index (χ3v) is 3.93. The summed E-state index contributed by atoms with van der Waals surface area (Å²) in [6, 6.07) is 7.71. The number of pyridine rings is 1. The molecule has 0 aliphatic rings. The molecule has 2 heterocycles. The Labute approximate surface area is 121 Å². The molecule has 1 aromatic carbocycles. The minimum Gasteiger partial charge on any atom is -0.383 e. The molecule has 3 aromatic rings. The lowest BCUT2D eigenvalue weighted by Gasteiger charge is -2.13. The standard InChI is InChI=1S/C15H14ClN3O/c1-9-13(15(16)19(2)18-9)14(20)11-5-3-4-10-6-7-17-8-12(10)11/h3-8,14,20H,1-2H3. The second kappa shape index (κ2) is 4.89. The summed E-state index contributed by atoms with van der Waals surface area (Å²) in [5.74, 6) is 0. The van der Waals surface area contributed by atoms with E-state index in [0.717, 1.165) is 22.0 Å². The average molecular weight is 288 g/mol. The number of aliphatic hydroxyl groups excluding tert-OH is 1. The molecule has 5 heteroatoms. The fourth-order valence-electron chi connectivity index (χ4n) is 2.49. The molecule has 3 rings (SSSR count). The first kappa shape index (κ1) is 13.1. The molecule has 0 bridgehead atoms. The van der Waals surface area contributed by atoms with Crippen LogP contribution in [-0.4, -0.2) is 19.9 Å². The summed E-state index contributed by atoms with van der Waals surface area (Å²) in [5.41, 5.74) is 2.16. The van der Waals surface area contributed by atoms with E-state index in [1.54, 1.807) is 24.1 Å². The third kappa shape index (κ3) is 1.97. The second-order valence-electron chi connectivity index (χ2n) is 4.76. The maximum Gasteiger partial charge on any atom is 0.133 e. The summed E-state index contributed by atoms with van der Waals surface area (Å²) in [6.45, 7) is 1.84. The molecule has 102 valence electrons. The topological polar surface area (TPSA) is 50.9 Å². The summed E-state index contributed by atoms with van der Waals surface area (Å²) in [5, 5.41) is 17.4. The van der Waals surface area contributed by atoms with Gasteiger partial charge < -0.3 is 5.11 Å². The van der Waals surface area contributed by atoms with Crippen LogP contribution >= 0.6 is 11.6 Å². The molecule has 20 heavy (non-hydrogen) atoms. The highest BCUT2D eigenvalue weighted by Crippen LogP contribution is 2.33. The SMILES string of the molecule is Cc1nn(C)c(Cl)c1C(O)c1cccc2ccncc12. The fourth-order valence-corrected chi connectivity index (χ4v) is 2.77. The molecule has 1 N–H and O–H groups in total. The lowest BCUT2D eigenvalue weighted by Crippen LogP contribution is -2.02. The van der Waals surface area contributed by atoms with Crippen molar-refractivity contribution in [3.05, 3.63) is 58.6 Å². The summed E-state index contributed by atoms with van der Waals surface area (Å²) in [7, 11) is 1.76. The van der Waals surface area contributed by atoms with Gasteiger partial charge in [0.1, 0.15) is 11.3 Å². The first-order valence-corrected chi connectivity index (χ1v) is 6.67. The molecule has 0 spiro atoms. The number of fused-ring (bicyclic) bond motifs is 1. The molecule has 2 aromatic heterocycles. The Kier molecular flexibility index (Phi) is 3.20. The summed E-state index contributed by atoms with van der Waals surface area (Å²) in [4.78, 5) is 4.13. The van der Waals surface area contributed by atoms with Gasteiger partial charge in [0, 0.05) is 30.4 Å². The molecule has 1 atom stereocenters. The van der Waals surface area contributed by atoms with Crippen molar-refractivity contribution in [1.82, 2.24) is 14.8 Å². The van der Waals surface area contributed by atoms with E-state index >= 15 is 0 Å². The van der Waals surface area contributed by atoms with Gasteiger partial charge in [-0.15, -0.1) is 0 Å². The molecule has 0 saturated heterocycles. The van der Waals surface area contributed by atoms with Crippen LogP contribution in [0.15, 0.2) is 36.7 Å². The van der Waals surface area contributed by atoms with Gasteiger partial charge >= 0.3 is 0 Å². The van der Waals surface area contributed by atoms with Gasteiger partial charge in [0.25, 0.3) is 0 Å². The van der Waals surface area contributed by atoms with E-state index in [4.69, 9.17) is 11.6 Å². The van der Waals surface area contributed by atoms with E-state index in [-0.39, 0.29) is 0 Å². The maximum absolute atomic E-state index is 10.7. The Morgan fingerprint density at radius 2 is 2.10 bits per heavy atom. The van der Waals surface area contributed by atoms with Crippen molar-refractivity contribution in [2.75, 3.05) is 0 Å². The predicted molar refractivity (Wildman–Crippen MR) is 78.8 cm³/mol. The van der Waals surface area contributed by atoms with E-state index < -0.39 is 6.10 Å². The summed E-state index contributed by atoms with van der Waals surface area (Å²) >= 11 is 6.23. The molecular weight excluding hydrogens is 274 g/mol. The number of nitrogens with zero attached hydrogens (tertiary/aromatic N) is 3. The molecule has 0 aliphatic heterocycles. The Morgan fingerprint density at radius 1 is 1.30 bits per heavy atom. The van der Waals surface area contributed by atoms with Crippen molar-refractivity contribution in [2.45, 2.75) is 13.0 Å². The van der Waals surface area contributed by atoms with E-state index in [1.807, 2.05) is 31.2 Å². The Hall–Kier alpha value is -1.91. The van der Waals surface area contributed by atoms with Crippen molar-refractivity contribution >= 4 is 22.4 Å². The van der Waals surface area contributed by atoms with Crippen LogP contribution in [0.3, 0.4) is 0 Å². The smallest absolute Gasteiger partial charge is 0.133 e. The number of hydrogen-bond acceptors (Lipinski definition) is 3. The first-order chi connectivity index (χ1) is 9.59. The van der Waals surface area contributed by atoms with Crippen LogP contribution in [0.5, 0.6) is 0 Å². The van der Waals surface area contributed by atoms with Crippen molar-refractivity contribution in [2.24, 2.45) is 7.05 Å². The van der Waals surface area contributed by atoms with Gasteiger partial charge in [0.15, 0.2) is 0 Å². The number of aryl methyl sites for hydroxylation is 2. The number of benzene rings is 1. The van der Waals surface area contributed by atoms with Crippen LogP contribution in [0.25, 0.3) is 10.8 Å². The number of hydrogen-bond donors (Lipinski definition) is 1. The minimum absolute atomic E-state index is 0.455. The van der Waals surface area contributed by atoms with Gasteiger partial charge in [0.05, 0.1) is 5.69 Å². The van der Waals surface area contributed by atoms with Crippen LogP contribution in [0.4, 0.5) is 0 Å². The minimum atomic E-state index is -0.816. The lowest BCUT2D eigenvalue weighted by atomic mass is 9.97. The number of aliphatic hydroxyl groups is 1. The van der Waals surface area contributed by atoms with Crippen molar-refractivity contribution < 1.29 is 5.11 Å². The Balaban J connectivity index is 2.20. The zero-order valence-electron chi connectivity index (χ0n) is 11.2. The van der Waals surface area contributed by atoms with Crippen molar-refractivity contribution in [3.8, 4) is 0 Å². The average Bonchev–Trinajstić information content (AvgIpc) is 2.71. The highest BCUT2D eigenvalue weighted by molar-refractivity contribution is 6.30. The first-order valence-electron chi connectivity index (χ1n) is 6.29. The van der Waals surface area contributed by atoms with Crippen LogP contribution in [0, 0.1) is 6.92 Å². The van der Waals surface area contributed by atoms with Gasteiger partial charge in [-0.2, -0.15) is 5.10 Å². The van der Waals surface area contributed by atoms with E-state index in [0.29, 0.717) is 10.7 Å². The molecule has 0 aliphatic carbocycles. The van der Waals surface area contributed by atoms with Gasteiger partial charge in [-0.05, 0) is 23.9 Å². The van der Waals surface area contributed by atoms with Crippen LogP contribution < -0.4 is 0 Å². The maximum atomic E-state index is 10.7. The second-order valence-corrected chi connectivity index (χ2v) is 5.12. The zero-order chi connectivity index (χ0) is 14.3. The fraction of sp³-hybridized carbons (Fsp3) is 0.200. The monoisotopic (exact) mass is 287 g/mol. The van der Waals surface area contributed by atoms with Gasteiger partial charge in [-0.25, -0.2) is 0 Å². The molecular formula is C15H14ClN3O. The number of aromatic nitrogens is 3. The number of rotatable bonds is 2.